The van der Waals surface area contributed by atoms with Crippen LogP contribution < -0.4 is 0 Å². The molecule has 304 valence electrons. The molecule has 7 aliphatic heterocycles. The molecule has 7 aliphatic rings. The van der Waals surface area contributed by atoms with Gasteiger partial charge >= 0.3 is 0 Å². The first-order valence-electron chi connectivity index (χ1n) is 21.2. The molecule has 9 rings (SSSR count). The van der Waals surface area contributed by atoms with Crippen LogP contribution >= 0.6 is 0 Å². The summed E-state index contributed by atoms with van der Waals surface area (Å²) in [5, 5.41) is 0. The van der Waals surface area contributed by atoms with E-state index in [9.17, 15) is 0 Å². The van der Waals surface area contributed by atoms with Crippen molar-refractivity contribution in [1.82, 2.24) is 0 Å². The van der Waals surface area contributed by atoms with E-state index in [1.54, 1.807) is 0 Å². The predicted molar refractivity (Wildman–Crippen MR) is 211 cm³/mol. The zero-order chi connectivity index (χ0) is 38.7. The van der Waals surface area contributed by atoms with Gasteiger partial charge in [0.05, 0.1) is 85.5 Å². The number of benzene rings is 2. The molecule has 0 unspecified atom stereocenters. The first-order chi connectivity index (χ1) is 26.9. The number of hydrogen-bond acceptors (Lipinski definition) is 9. The van der Waals surface area contributed by atoms with Crippen molar-refractivity contribution in [2.24, 2.45) is 5.92 Å². The molecule has 5 fully saturated rings. The fraction of sp³-hybridized carbons (Fsp3) is 0.660. The lowest BCUT2D eigenvalue weighted by molar-refractivity contribution is -0.338. The van der Waals surface area contributed by atoms with Crippen LogP contribution in [0.1, 0.15) is 91.2 Å². The van der Waals surface area contributed by atoms with Gasteiger partial charge in [-0.05, 0) is 63.7 Å². The fourth-order valence-corrected chi connectivity index (χ4v) is 10.7. The second-order valence-corrected chi connectivity index (χ2v) is 18.6. The molecule has 0 radical (unpaired) electrons. The quantitative estimate of drug-likeness (QED) is 0.197. The third-order valence-corrected chi connectivity index (χ3v) is 14.2. The molecule has 15 atom stereocenters. The third-order valence-electron chi connectivity index (χ3n) is 14.2. The van der Waals surface area contributed by atoms with Crippen LogP contribution in [-0.4, -0.2) is 96.7 Å². The second kappa shape index (κ2) is 15.3. The van der Waals surface area contributed by atoms with E-state index in [-0.39, 0.29) is 67.0 Å². The molecule has 0 spiro atoms. The van der Waals surface area contributed by atoms with E-state index in [2.05, 4.69) is 96.2 Å². The Morgan fingerprint density at radius 2 is 1.48 bits per heavy atom. The van der Waals surface area contributed by atoms with Crippen molar-refractivity contribution in [2.75, 3.05) is 13.2 Å². The van der Waals surface area contributed by atoms with Gasteiger partial charge in [0.1, 0.15) is 17.8 Å². The number of ether oxygens (including phenoxy) is 9. The summed E-state index contributed by atoms with van der Waals surface area (Å²) in [6.07, 6.45) is 9.88. The summed E-state index contributed by atoms with van der Waals surface area (Å²) in [4.78, 5) is 0. The zero-order valence-electron chi connectivity index (χ0n) is 34.1. The normalized spacial score (nSPS) is 45.7. The molecule has 0 saturated carbocycles. The van der Waals surface area contributed by atoms with E-state index < -0.39 is 22.4 Å². The van der Waals surface area contributed by atoms with Crippen LogP contribution in [0.5, 0.6) is 0 Å². The Kier molecular flexibility index (Phi) is 10.7. The van der Waals surface area contributed by atoms with E-state index in [0.717, 1.165) is 30.4 Å². The summed E-state index contributed by atoms with van der Waals surface area (Å²) in [6, 6.07) is 20.7. The van der Waals surface area contributed by atoms with Gasteiger partial charge in [0.15, 0.2) is 0 Å². The molecule has 5 saturated heterocycles. The minimum atomic E-state index is -0.674. The standard InChI is InChI=1S/C47H62O9/c1-30-18-21-49-36-24-38-46(5,55-43(30)36)26-37-35(52-38)23-31(2)42-34(51-37)17-19-45(4)39(53-42)25-40-47(6,56-45)27-41(50-29-33-15-11-8-12-16-33)44(3,54-40)20-22-48-28-32-13-9-7-10-14-32/h7-19,31,34-43H,20-29H2,1-6H3/t31-,34+,35+,36+,37-,38-,39+,40-,41-,42-,43-,44+,45-,46+,47+/m1/s1. The maximum absolute atomic E-state index is 7.27. The van der Waals surface area contributed by atoms with Gasteiger partial charge in [-0.25, -0.2) is 0 Å². The molecule has 2 aromatic carbocycles. The van der Waals surface area contributed by atoms with Crippen molar-refractivity contribution in [2.45, 2.75) is 177 Å². The van der Waals surface area contributed by atoms with Crippen LogP contribution in [0.25, 0.3) is 0 Å². The first kappa shape index (κ1) is 39.0. The molecule has 0 aromatic heterocycles. The van der Waals surface area contributed by atoms with Gasteiger partial charge < -0.3 is 42.6 Å². The van der Waals surface area contributed by atoms with Gasteiger partial charge in [-0.2, -0.15) is 0 Å². The van der Waals surface area contributed by atoms with Crippen LogP contribution in [0.3, 0.4) is 0 Å². The molecule has 9 nitrogen and oxygen atoms in total. The van der Waals surface area contributed by atoms with Gasteiger partial charge in [0.25, 0.3) is 0 Å². The Labute approximate surface area is 333 Å². The lowest BCUT2D eigenvalue weighted by Gasteiger charge is -2.59. The average Bonchev–Trinajstić information content (AvgIpc) is 3.39. The van der Waals surface area contributed by atoms with Crippen LogP contribution in [-0.2, 0) is 55.8 Å². The minimum Gasteiger partial charge on any atom is -0.377 e. The first-order valence-corrected chi connectivity index (χ1v) is 21.2. The lowest BCUT2D eigenvalue weighted by Crippen LogP contribution is -2.68. The van der Waals surface area contributed by atoms with Crippen molar-refractivity contribution in [3.05, 3.63) is 95.6 Å². The highest BCUT2D eigenvalue weighted by molar-refractivity contribution is 5.21. The smallest absolute Gasteiger partial charge is 0.111 e. The number of fused-ring (bicyclic) bond motifs is 6. The highest BCUT2D eigenvalue weighted by Gasteiger charge is 2.62. The van der Waals surface area contributed by atoms with Gasteiger partial charge in [-0.15, -0.1) is 0 Å². The van der Waals surface area contributed by atoms with Crippen molar-refractivity contribution in [3.8, 4) is 0 Å². The molecule has 9 heteroatoms. The monoisotopic (exact) mass is 770 g/mol. The van der Waals surface area contributed by atoms with Crippen LogP contribution in [0.2, 0.25) is 0 Å². The lowest BCUT2D eigenvalue weighted by atomic mass is 9.73. The van der Waals surface area contributed by atoms with Gasteiger partial charge in [-0.3, -0.25) is 0 Å². The van der Waals surface area contributed by atoms with Crippen molar-refractivity contribution in [3.63, 3.8) is 0 Å². The summed E-state index contributed by atoms with van der Waals surface area (Å²) in [5.41, 5.74) is 1.22. The second-order valence-electron chi connectivity index (χ2n) is 18.6. The zero-order valence-corrected chi connectivity index (χ0v) is 34.1. The van der Waals surface area contributed by atoms with Crippen LogP contribution in [0.15, 0.2) is 84.5 Å². The van der Waals surface area contributed by atoms with E-state index in [1.807, 2.05) is 24.3 Å². The van der Waals surface area contributed by atoms with Crippen LogP contribution in [0, 0.1) is 5.92 Å². The maximum Gasteiger partial charge on any atom is 0.111 e. The van der Waals surface area contributed by atoms with E-state index >= 15 is 0 Å². The van der Waals surface area contributed by atoms with Crippen molar-refractivity contribution >= 4 is 0 Å². The summed E-state index contributed by atoms with van der Waals surface area (Å²) < 4.78 is 61.7. The Bertz CT molecular complexity index is 1740. The molecule has 2 aromatic rings. The van der Waals surface area contributed by atoms with Crippen LogP contribution in [0.4, 0.5) is 0 Å². The van der Waals surface area contributed by atoms with Gasteiger partial charge in [0, 0.05) is 38.7 Å². The van der Waals surface area contributed by atoms with Gasteiger partial charge in [0.2, 0.25) is 0 Å². The maximum atomic E-state index is 7.27. The molecule has 0 bridgehead atoms. The van der Waals surface area contributed by atoms with E-state index in [4.69, 9.17) is 42.6 Å². The average molecular weight is 771 g/mol. The van der Waals surface area contributed by atoms with Gasteiger partial charge in [-0.1, -0.05) is 85.8 Å². The third kappa shape index (κ3) is 7.50. The topological polar surface area (TPSA) is 83.1 Å². The van der Waals surface area contributed by atoms with E-state index in [0.29, 0.717) is 45.7 Å². The molecule has 0 N–H and O–H groups in total. The summed E-state index contributed by atoms with van der Waals surface area (Å²) in [5.74, 6) is 0.197. The number of rotatable bonds is 8. The fourth-order valence-electron chi connectivity index (χ4n) is 10.7. The Hall–Kier alpha value is -2.44. The summed E-state index contributed by atoms with van der Waals surface area (Å²) in [7, 11) is 0. The molecular weight excluding hydrogens is 709 g/mol. The number of hydrogen-bond donors (Lipinski definition) is 0. The Morgan fingerprint density at radius 1 is 0.732 bits per heavy atom. The highest BCUT2D eigenvalue weighted by atomic mass is 16.6. The molecule has 7 heterocycles. The Morgan fingerprint density at radius 3 is 2.25 bits per heavy atom. The Balaban J connectivity index is 0.924. The SMILES string of the molecule is CC1=CCO[C@H]2C[C@H]3O[C@H]4C[C@@H](C)[C@H]5O[C@H]6C[C@H]7O[C@@](C)(CCOCc8ccccc8)[C@H](OCc8ccccc8)C[C@]7(C)O[C@]6(C)C=C[C@@H]5O[C@@H]4C[C@]3(C)O[C@H]12. The van der Waals surface area contributed by atoms with Crippen molar-refractivity contribution in [1.29, 1.82) is 0 Å². The largest absolute Gasteiger partial charge is 0.377 e. The predicted octanol–water partition coefficient (Wildman–Crippen LogP) is 7.83. The molecular formula is C47H62O9. The summed E-state index contributed by atoms with van der Waals surface area (Å²) >= 11 is 0. The molecule has 0 amide bonds. The molecule has 56 heavy (non-hydrogen) atoms. The highest BCUT2D eigenvalue weighted by Crippen LogP contribution is 2.52. The minimum absolute atomic E-state index is 0.0298. The van der Waals surface area contributed by atoms with E-state index in [1.165, 1.54) is 5.57 Å². The summed E-state index contributed by atoms with van der Waals surface area (Å²) in [6.45, 7) is 15.5. The van der Waals surface area contributed by atoms with Crippen molar-refractivity contribution < 1.29 is 42.6 Å². The molecule has 0 aliphatic carbocycles.